The third-order valence-corrected chi connectivity index (χ3v) is 7.87. The highest BCUT2D eigenvalue weighted by atomic mass is 32.2. The molecule has 1 atom stereocenters. The molecule has 2 aromatic rings. The molecule has 0 saturated heterocycles. The first kappa shape index (κ1) is 26.8. The molecule has 0 fully saturated rings. The Kier molecular flexibility index (Phi) is 9.03. The van der Waals surface area contributed by atoms with Gasteiger partial charge in [-0.1, -0.05) is 32.0 Å². The fourth-order valence-electron chi connectivity index (χ4n) is 4.09. The molecule has 0 aliphatic rings. The molecule has 8 heteroatoms. The molecule has 7 nitrogen and oxygen atoms in total. The molecule has 0 bridgehead atoms. The van der Waals surface area contributed by atoms with Gasteiger partial charge in [-0.3, -0.25) is 4.79 Å². The Labute approximate surface area is 197 Å². The number of ketones is 1. The molecule has 33 heavy (non-hydrogen) atoms. The molecule has 0 radical (unpaired) electrons. The zero-order valence-electron chi connectivity index (χ0n) is 20.7. The Hall–Kier alpha value is -2.45. The second-order valence-corrected chi connectivity index (χ2v) is 10.4. The highest BCUT2D eigenvalue weighted by Crippen LogP contribution is 2.28. The van der Waals surface area contributed by atoms with Crippen molar-refractivity contribution in [2.24, 2.45) is 5.92 Å². The Morgan fingerprint density at radius 3 is 2.18 bits per heavy atom. The summed E-state index contributed by atoms with van der Waals surface area (Å²) < 4.78 is 35.3. The van der Waals surface area contributed by atoms with Gasteiger partial charge in [0, 0.05) is 24.3 Å². The van der Waals surface area contributed by atoms with Crippen molar-refractivity contribution in [3.8, 4) is 0 Å². The smallest absolute Gasteiger partial charge is 0.355 e. The van der Waals surface area contributed by atoms with Crippen LogP contribution >= 0.6 is 0 Å². The number of nitrogens with zero attached hydrogens (tertiary/aromatic N) is 2. The Balaban J connectivity index is 2.57. The van der Waals surface area contributed by atoms with Crippen molar-refractivity contribution in [3.05, 3.63) is 52.8 Å². The number of rotatable bonds is 11. The number of benzene rings is 1. The van der Waals surface area contributed by atoms with Crippen LogP contribution in [0.2, 0.25) is 0 Å². The number of esters is 1. The van der Waals surface area contributed by atoms with Crippen LogP contribution in [0.15, 0.2) is 35.2 Å². The Bertz CT molecular complexity index is 1090. The van der Waals surface area contributed by atoms with Crippen LogP contribution < -0.4 is 0 Å². The van der Waals surface area contributed by atoms with Crippen molar-refractivity contribution in [2.75, 3.05) is 13.2 Å². The second kappa shape index (κ2) is 11.1. The molecule has 182 valence electrons. The number of sulfonamides is 1. The normalized spacial score (nSPS) is 12.9. The summed E-state index contributed by atoms with van der Waals surface area (Å²) in [5, 5.41) is 0. The van der Waals surface area contributed by atoms with Crippen molar-refractivity contribution in [3.63, 3.8) is 0 Å². The standard InChI is InChI=1S/C25H36N2O5S/c1-8-26-19(6)22(18(5)23(26)25(29)32-9-2)24(28)20(7)27(16-15-17(3)4)33(30,31)21-13-11-10-12-14-21/h10-14,17,20H,8-9,15-16H2,1-7H3. The molecular formula is C25H36N2O5S. The van der Waals surface area contributed by atoms with E-state index >= 15 is 0 Å². The fraction of sp³-hybridized carbons (Fsp3) is 0.520. The van der Waals surface area contributed by atoms with Gasteiger partial charge in [-0.2, -0.15) is 4.31 Å². The lowest BCUT2D eigenvalue weighted by molar-refractivity contribution is 0.0512. The minimum Gasteiger partial charge on any atom is -0.461 e. The third-order valence-electron chi connectivity index (χ3n) is 5.89. The molecule has 0 spiro atoms. The molecule has 1 aromatic heterocycles. The molecule has 1 unspecified atom stereocenters. The van der Waals surface area contributed by atoms with Crippen LogP contribution in [0.25, 0.3) is 0 Å². The van der Waals surface area contributed by atoms with Gasteiger partial charge in [0.1, 0.15) is 5.69 Å². The molecule has 0 aliphatic heterocycles. The van der Waals surface area contributed by atoms with Crippen LogP contribution in [0.1, 0.15) is 73.1 Å². The van der Waals surface area contributed by atoms with Gasteiger partial charge < -0.3 is 9.30 Å². The van der Waals surface area contributed by atoms with Crippen molar-refractivity contribution in [2.45, 2.75) is 72.4 Å². The van der Waals surface area contributed by atoms with E-state index < -0.39 is 22.0 Å². The third kappa shape index (κ3) is 5.55. The highest BCUT2D eigenvalue weighted by Gasteiger charge is 2.36. The largest absolute Gasteiger partial charge is 0.461 e. The van der Waals surface area contributed by atoms with Crippen molar-refractivity contribution in [1.29, 1.82) is 0 Å². The summed E-state index contributed by atoms with van der Waals surface area (Å²) in [6.45, 7) is 13.7. The van der Waals surface area contributed by atoms with E-state index in [9.17, 15) is 18.0 Å². The molecule has 0 saturated carbocycles. The molecular weight excluding hydrogens is 440 g/mol. The zero-order chi connectivity index (χ0) is 24.9. The number of hydrogen-bond acceptors (Lipinski definition) is 5. The molecule has 2 rings (SSSR count). The zero-order valence-corrected chi connectivity index (χ0v) is 21.5. The number of Topliss-reactive ketones (excluding diaryl/α,β-unsaturated/α-hetero) is 1. The fourth-order valence-corrected chi connectivity index (χ4v) is 5.72. The summed E-state index contributed by atoms with van der Waals surface area (Å²) in [7, 11) is -3.89. The first-order chi connectivity index (χ1) is 15.5. The monoisotopic (exact) mass is 476 g/mol. The summed E-state index contributed by atoms with van der Waals surface area (Å²) in [4.78, 5) is 26.5. The van der Waals surface area contributed by atoms with Gasteiger partial charge in [0.2, 0.25) is 10.0 Å². The number of hydrogen-bond donors (Lipinski definition) is 0. The van der Waals surface area contributed by atoms with E-state index in [2.05, 4.69) is 0 Å². The summed E-state index contributed by atoms with van der Waals surface area (Å²) in [6, 6.07) is 7.23. The average Bonchev–Trinajstić information content (AvgIpc) is 3.02. The summed E-state index contributed by atoms with van der Waals surface area (Å²) in [5.74, 6) is -0.549. The predicted molar refractivity (Wildman–Crippen MR) is 129 cm³/mol. The van der Waals surface area contributed by atoms with Crippen molar-refractivity contribution >= 4 is 21.8 Å². The van der Waals surface area contributed by atoms with Gasteiger partial charge in [-0.05, 0) is 64.7 Å². The molecule has 0 N–H and O–H groups in total. The molecule has 0 amide bonds. The van der Waals surface area contributed by atoms with Gasteiger partial charge in [0.25, 0.3) is 0 Å². The van der Waals surface area contributed by atoms with Crippen LogP contribution in [0, 0.1) is 19.8 Å². The quantitative estimate of drug-likeness (QED) is 0.349. The molecule has 1 aromatic carbocycles. The van der Waals surface area contributed by atoms with Crippen LogP contribution in [0.4, 0.5) is 0 Å². The highest BCUT2D eigenvalue weighted by molar-refractivity contribution is 7.89. The van der Waals surface area contributed by atoms with E-state index in [-0.39, 0.29) is 29.7 Å². The van der Waals surface area contributed by atoms with E-state index in [1.165, 1.54) is 16.4 Å². The van der Waals surface area contributed by atoms with Crippen LogP contribution in [-0.2, 0) is 21.3 Å². The average molecular weight is 477 g/mol. The van der Waals surface area contributed by atoms with Gasteiger partial charge in [0.05, 0.1) is 17.5 Å². The summed E-state index contributed by atoms with van der Waals surface area (Å²) in [6.07, 6.45) is 0.617. The first-order valence-corrected chi connectivity index (χ1v) is 12.9. The van der Waals surface area contributed by atoms with E-state index in [1.807, 2.05) is 20.8 Å². The molecule has 0 aliphatic carbocycles. The lowest BCUT2D eigenvalue weighted by Gasteiger charge is -2.28. The van der Waals surface area contributed by atoms with E-state index in [1.54, 1.807) is 50.5 Å². The lowest BCUT2D eigenvalue weighted by atomic mass is 10.0. The lowest BCUT2D eigenvalue weighted by Crippen LogP contribution is -2.44. The maximum atomic E-state index is 13.7. The van der Waals surface area contributed by atoms with Crippen LogP contribution in [0.5, 0.6) is 0 Å². The Morgan fingerprint density at radius 1 is 1.06 bits per heavy atom. The second-order valence-electron chi connectivity index (χ2n) is 8.55. The van der Waals surface area contributed by atoms with E-state index in [4.69, 9.17) is 4.74 Å². The van der Waals surface area contributed by atoms with Crippen LogP contribution in [0.3, 0.4) is 0 Å². The molecule has 1 heterocycles. The van der Waals surface area contributed by atoms with Crippen molar-refractivity contribution < 1.29 is 22.7 Å². The number of ether oxygens (including phenoxy) is 1. The van der Waals surface area contributed by atoms with Crippen molar-refractivity contribution in [1.82, 2.24) is 8.87 Å². The number of carbonyl (C=O) groups is 2. The topological polar surface area (TPSA) is 85.7 Å². The van der Waals surface area contributed by atoms with Crippen LogP contribution in [-0.4, -0.2) is 48.2 Å². The SMILES string of the molecule is CCOC(=O)c1c(C)c(C(=O)C(C)N(CCC(C)C)S(=O)(=O)c2ccccc2)c(C)n1CC. The maximum absolute atomic E-state index is 13.7. The number of aromatic nitrogens is 1. The minimum absolute atomic E-state index is 0.153. The first-order valence-electron chi connectivity index (χ1n) is 11.5. The van der Waals surface area contributed by atoms with E-state index in [0.717, 1.165) is 0 Å². The van der Waals surface area contributed by atoms with E-state index in [0.29, 0.717) is 35.5 Å². The Morgan fingerprint density at radius 2 is 1.67 bits per heavy atom. The van der Waals surface area contributed by atoms with Gasteiger partial charge in [-0.15, -0.1) is 0 Å². The van der Waals surface area contributed by atoms with Gasteiger partial charge in [0.15, 0.2) is 5.78 Å². The predicted octanol–water partition coefficient (Wildman–Crippen LogP) is 4.61. The summed E-state index contributed by atoms with van der Waals surface area (Å²) in [5.41, 5.74) is 1.87. The number of carbonyl (C=O) groups excluding carboxylic acids is 2. The minimum atomic E-state index is -3.89. The maximum Gasteiger partial charge on any atom is 0.355 e. The van der Waals surface area contributed by atoms with Gasteiger partial charge >= 0.3 is 5.97 Å². The van der Waals surface area contributed by atoms with Gasteiger partial charge in [-0.25, -0.2) is 13.2 Å². The summed E-state index contributed by atoms with van der Waals surface area (Å²) >= 11 is 0.